The van der Waals surface area contributed by atoms with Crippen LogP contribution in [-0.2, 0) is 4.79 Å². The minimum atomic E-state index is -0.576. The number of ether oxygens (including phenoxy) is 2. The number of nitrogens with one attached hydrogen (secondary N) is 2. The van der Waals surface area contributed by atoms with Crippen LogP contribution in [0.15, 0.2) is 60.1 Å². The molecule has 3 N–H and O–H groups in total. The molecule has 1 amide bonds. The van der Waals surface area contributed by atoms with Gasteiger partial charge in [0.1, 0.15) is 18.1 Å². The number of benzene rings is 2. The zero-order chi connectivity index (χ0) is 21.3. The van der Waals surface area contributed by atoms with Crippen molar-refractivity contribution in [3.8, 4) is 17.2 Å². The van der Waals surface area contributed by atoms with Crippen molar-refractivity contribution < 1.29 is 19.4 Å². The van der Waals surface area contributed by atoms with E-state index in [4.69, 9.17) is 9.47 Å². The third-order valence-electron chi connectivity index (χ3n) is 4.91. The third-order valence-corrected chi connectivity index (χ3v) is 4.91. The Morgan fingerprint density at radius 2 is 1.93 bits per heavy atom. The van der Waals surface area contributed by atoms with Gasteiger partial charge in [-0.3, -0.25) is 4.79 Å². The number of nitrogens with zero attached hydrogens (tertiary/aromatic N) is 3. The lowest BCUT2D eigenvalue weighted by atomic mass is 9.94. The first-order chi connectivity index (χ1) is 14.5. The van der Waals surface area contributed by atoms with Crippen molar-refractivity contribution in [2.75, 3.05) is 24.9 Å². The number of hydrogen-bond donors (Lipinski definition) is 3. The molecule has 154 valence electrons. The highest BCUT2D eigenvalue weighted by Gasteiger charge is 2.34. The Kier molecular flexibility index (Phi) is 5.01. The van der Waals surface area contributed by atoms with E-state index in [1.807, 2.05) is 12.1 Å². The number of aromatic hydroxyl groups is 1. The maximum Gasteiger partial charge on any atom is 0.255 e. The Bertz CT molecular complexity index is 1140. The lowest BCUT2D eigenvalue weighted by Gasteiger charge is -2.29. The van der Waals surface area contributed by atoms with Crippen LogP contribution in [0.25, 0.3) is 0 Å². The number of para-hydroxylation sites is 2. The summed E-state index contributed by atoms with van der Waals surface area (Å²) in [4.78, 5) is 17.6. The summed E-state index contributed by atoms with van der Waals surface area (Å²) in [7, 11) is 3.02. The molecule has 4 rings (SSSR count). The van der Waals surface area contributed by atoms with E-state index < -0.39 is 6.04 Å². The summed E-state index contributed by atoms with van der Waals surface area (Å²) in [6.07, 6.45) is 1.42. The topological polar surface area (TPSA) is 111 Å². The maximum absolute atomic E-state index is 13.4. The van der Waals surface area contributed by atoms with E-state index in [1.165, 1.54) is 19.5 Å². The number of phenols is 1. The van der Waals surface area contributed by atoms with Gasteiger partial charge in [-0.1, -0.05) is 18.2 Å². The van der Waals surface area contributed by atoms with Crippen molar-refractivity contribution in [1.29, 1.82) is 0 Å². The molecule has 0 bridgehead atoms. The van der Waals surface area contributed by atoms with Gasteiger partial charge in [-0.15, -0.1) is 0 Å². The number of allylic oxidation sites excluding steroid dienone is 1. The summed E-state index contributed by atoms with van der Waals surface area (Å²) in [5, 5.41) is 20.3. The van der Waals surface area contributed by atoms with Gasteiger partial charge >= 0.3 is 0 Å². The van der Waals surface area contributed by atoms with Gasteiger partial charge in [0.15, 0.2) is 11.5 Å². The van der Waals surface area contributed by atoms with E-state index in [1.54, 1.807) is 43.0 Å². The number of carbonyl (C=O) groups excluding carboxylic acids is 1. The van der Waals surface area contributed by atoms with E-state index in [9.17, 15) is 9.90 Å². The Labute approximate surface area is 173 Å². The van der Waals surface area contributed by atoms with Crippen molar-refractivity contribution in [1.82, 2.24) is 14.8 Å². The highest BCUT2D eigenvalue weighted by Crippen LogP contribution is 2.38. The first kappa shape index (κ1) is 19.3. The van der Waals surface area contributed by atoms with E-state index in [-0.39, 0.29) is 11.7 Å². The Morgan fingerprint density at radius 3 is 2.70 bits per heavy atom. The highest BCUT2D eigenvalue weighted by atomic mass is 16.5. The van der Waals surface area contributed by atoms with Gasteiger partial charge in [0.2, 0.25) is 5.95 Å². The molecule has 0 aliphatic carbocycles. The summed E-state index contributed by atoms with van der Waals surface area (Å²) < 4.78 is 12.2. The van der Waals surface area contributed by atoms with E-state index >= 15 is 0 Å². The van der Waals surface area contributed by atoms with Gasteiger partial charge in [0.05, 0.1) is 25.5 Å². The standard InChI is InChI=1S/C21H21N5O4/c1-12-18(20(28)25-14-6-4-5-7-16(14)29-2)19(26-21(24-12)22-11-23-26)13-8-9-15(27)17(10-13)30-3/h4-11,19,27H,1-3H3,(H,25,28)(H,22,23,24)/t19-/m1/s1. The molecule has 0 unspecified atom stereocenters. The van der Waals surface area contributed by atoms with Crippen molar-refractivity contribution in [2.45, 2.75) is 13.0 Å². The number of rotatable bonds is 5. The molecule has 1 aliphatic rings. The molecular formula is C21H21N5O4. The molecule has 30 heavy (non-hydrogen) atoms. The number of phenolic OH excluding ortho intramolecular Hbond substituents is 1. The van der Waals surface area contributed by atoms with Crippen molar-refractivity contribution >= 4 is 17.5 Å². The molecule has 9 nitrogen and oxygen atoms in total. The largest absolute Gasteiger partial charge is 0.504 e. The van der Waals surface area contributed by atoms with Crippen LogP contribution in [0.3, 0.4) is 0 Å². The van der Waals surface area contributed by atoms with Crippen LogP contribution in [0.2, 0.25) is 0 Å². The number of carbonyl (C=O) groups is 1. The van der Waals surface area contributed by atoms with Crippen LogP contribution in [0, 0.1) is 0 Å². The summed E-state index contributed by atoms with van der Waals surface area (Å²) in [5.41, 5.74) is 2.35. The van der Waals surface area contributed by atoms with Crippen molar-refractivity contribution in [2.24, 2.45) is 0 Å². The quantitative estimate of drug-likeness (QED) is 0.596. The molecule has 1 aromatic heterocycles. The average molecular weight is 407 g/mol. The molecule has 1 aliphatic heterocycles. The first-order valence-corrected chi connectivity index (χ1v) is 9.22. The molecule has 0 radical (unpaired) electrons. The summed E-state index contributed by atoms with van der Waals surface area (Å²) in [6, 6.07) is 11.5. The SMILES string of the molecule is COc1cc([C@@H]2C(C(=O)Nc3ccccc3OC)=C(C)Nc3ncnn32)ccc1O. The minimum absolute atomic E-state index is 0.00900. The summed E-state index contributed by atoms with van der Waals surface area (Å²) >= 11 is 0. The van der Waals surface area contributed by atoms with E-state index in [0.717, 1.165) is 0 Å². The number of methoxy groups -OCH3 is 2. The van der Waals surface area contributed by atoms with Crippen molar-refractivity contribution in [3.05, 3.63) is 65.6 Å². The molecule has 2 heterocycles. The molecule has 2 aromatic carbocycles. The van der Waals surface area contributed by atoms with Gasteiger partial charge in [-0.2, -0.15) is 10.1 Å². The van der Waals surface area contributed by atoms with Gasteiger partial charge in [0.25, 0.3) is 5.91 Å². The zero-order valence-electron chi connectivity index (χ0n) is 16.7. The Hall–Kier alpha value is -4.01. The molecular weight excluding hydrogens is 386 g/mol. The number of anilines is 2. The Morgan fingerprint density at radius 1 is 1.17 bits per heavy atom. The fraction of sp³-hybridized carbons (Fsp3) is 0.190. The van der Waals surface area contributed by atoms with Crippen LogP contribution in [0.4, 0.5) is 11.6 Å². The smallest absolute Gasteiger partial charge is 0.255 e. The minimum Gasteiger partial charge on any atom is -0.504 e. The lowest BCUT2D eigenvalue weighted by molar-refractivity contribution is -0.113. The second-order valence-electron chi connectivity index (χ2n) is 6.68. The van der Waals surface area contributed by atoms with Gasteiger partial charge < -0.3 is 25.2 Å². The number of amides is 1. The predicted octanol–water partition coefficient (Wildman–Crippen LogP) is 2.93. The van der Waals surface area contributed by atoms with Crippen LogP contribution in [0.5, 0.6) is 17.2 Å². The van der Waals surface area contributed by atoms with Crippen LogP contribution < -0.4 is 20.1 Å². The second kappa shape index (κ2) is 7.78. The van der Waals surface area contributed by atoms with Gasteiger partial charge in [-0.05, 0) is 36.8 Å². The molecule has 0 saturated carbocycles. The second-order valence-corrected chi connectivity index (χ2v) is 6.68. The monoisotopic (exact) mass is 407 g/mol. The number of fused-ring (bicyclic) bond motifs is 1. The van der Waals surface area contributed by atoms with Crippen LogP contribution >= 0.6 is 0 Å². The molecule has 3 aromatic rings. The highest BCUT2D eigenvalue weighted by molar-refractivity contribution is 6.06. The lowest BCUT2D eigenvalue weighted by Crippen LogP contribution is -2.31. The van der Waals surface area contributed by atoms with E-state index in [0.29, 0.717) is 40.0 Å². The normalized spacial score (nSPS) is 15.2. The average Bonchev–Trinajstić information content (AvgIpc) is 3.21. The number of hydrogen-bond acceptors (Lipinski definition) is 7. The zero-order valence-corrected chi connectivity index (χ0v) is 16.7. The molecule has 1 atom stereocenters. The van der Waals surface area contributed by atoms with Gasteiger partial charge in [0, 0.05) is 5.70 Å². The number of aromatic nitrogens is 3. The predicted molar refractivity (Wildman–Crippen MR) is 111 cm³/mol. The van der Waals surface area contributed by atoms with E-state index in [2.05, 4.69) is 20.7 Å². The van der Waals surface area contributed by atoms with Crippen LogP contribution in [-0.4, -0.2) is 40.0 Å². The maximum atomic E-state index is 13.4. The summed E-state index contributed by atoms with van der Waals surface area (Å²) in [6.45, 7) is 1.81. The Balaban J connectivity index is 1.79. The van der Waals surface area contributed by atoms with Gasteiger partial charge in [-0.25, -0.2) is 4.68 Å². The first-order valence-electron chi connectivity index (χ1n) is 9.22. The summed E-state index contributed by atoms with van der Waals surface area (Å²) in [5.74, 6) is 1.06. The van der Waals surface area contributed by atoms with Crippen molar-refractivity contribution in [3.63, 3.8) is 0 Å². The molecule has 0 fully saturated rings. The molecule has 0 spiro atoms. The fourth-order valence-corrected chi connectivity index (χ4v) is 3.50. The van der Waals surface area contributed by atoms with Crippen LogP contribution in [0.1, 0.15) is 18.5 Å². The third kappa shape index (κ3) is 3.30. The molecule has 0 saturated heterocycles. The molecule has 9 heteroatoms. The fourth-order valence-electron chi connectivity index (χ4n) is 3.50.